The number of rotatable bonds is 6. The van der Waals surface area contributed by atoms with Gasteiger partial charge in [0.1, 0.15) is 6.29 Å². The molecule has 100 valence electrons. The van der Waals surface area contributed by atoms with Crippen molar-refractivity contribution in [1.82, 2.24) is 10.2 Å². The fourth-order valence-electron chi connectivity index (χ4n) is 1.78. The van der Waals surface area contributed by atoms with E-state index in [0.717, 1.165) is 26.2 Å². The van der Waals surface area contributed by atoms with Crippen LogP contribution in [0.4, 0.5) is 0 Å². The Kier molecular flexibility index (Phi) is 5.97. The molecular weight excluding hydrogens is 239 g/mol. The Morgan fingerprint density at radius 2 is 1.88 bits per heavy atom. The quantitative estimate of drug-likeness (QED) is 0.584. The van der Waals surface area contributed by atoms with Gasteiger partial charge in [0.25, 0.3) is 0 Å². The minimum absolute atomic E-state index is 0.109. The maximum Gasteiger partial charge on any atom is 0.348 e. The molecule has 2 atom stereocenters. The van der Waals surface area contributed by atoms with Gasteiger partial charge in [0.15, 0.2) is 0 Å². The van der Waals surface area contributed by atoms with Gasteiger partial charge in [-0.2, -0.15) is 0 Å². The Balaban J connectivity index is 2.58. The third-order valence-electron chi connectivity index (χ3n) is 2.29. The lowest BCUT2D eigenvalue weighted by atomic mass is 10.4. The first-order chi connectivity index (χ1) is 7.91. The average molecular weight is 263 g/mol. The highest BCUT2D eigenvalue weighted by molar-refractivity contribution is 7.53. The first-order valence-electron chi connectivity index (χ1n) is 6.13. The molecule has 1 rings (SSSR count). The van der Waals surface area contributed by atoms with Crippen molar-refractivity contribution in [2.75, 3.05) is 32.5 Å². The molecule has 1 aliphatic heterocycles. The molecule has 5 nitrogen and oxygen atoms in total. The van der Waals surface area contributed by atoms with Crippen molar-refractivity contribution < 1.29 is 13.6 Å². The lowest BCUT2D eigenvalue weighted by Gasteiger charge is -2.30. The van der Waals surface area contributed by atoms with Crippen LogP contribution in [0.1, 0.15) is 20.8 Å². The molecule has 0 saturated carbocycles. The average Bonchev–Trinajstić information content (AvgIpc) is 2.15. The van der Waals surface area contributed by atoms with Gasteiger partial charge < -0.3 is 9.84 Å². The van der Waals surface area contributed by atoms with Crippen LogP contribution in [0.5, 0.6) is 0 Å². The van der Waals surface area contributed by atoms with Crippen LogP contribution in [0.2, 0.25) is 0 Å². The number of nitrogens with one attached hydrogen (secondary N) is 1. The summed E-state index contributed by atoms with van der Waals surface area (Å²) in [6.45, 7) is 12.8. The standard InChI is InChI=1S/C11H24N2O3P/c1-10(2)15-17(14,16-11(3)4)9-13-7-5-12-6-8-13/h10-12H,1,5-9H2,2-4H3/q+1. The highest BCUT2D eigenvalue weighted by Gasteiger charge is 2.32. The molecule has 0 aromatic carbocycles. The summed E-state index contributed by atoms with van der Waals surface area (Å²) in [5.74, 6) is 0. The van der Waals surface area contributed by atoms with E-state index in [1.165, 1.54) is 0 Å². The van der Waals surface area contributed by atoms with E-state index >= 15 is 0 Å². The van der Waals surface area contributed by atoms with Gasteiger partial charge in [0.05, 0.1) is 13.0 Å². The summed E-state index contributed by atoms with van der Waals surface area (Å²) in [7, 11) is -3.06. The first-order valence-corrected chi connectivity index (χ1v) is 7.86. The zero-order valence-corrected chi connectivity index (χ0v) is 11.9. The highest BCUT2D eigenvalue weighted by Crippen LogP contribution is 2.50. The Hall–Kier alpha value is -0.0600. The molecule has 1 N–H and O–H groups in total. The van der Waals surface area contributed by atoms with E-state index in [0.29, 0.717) is 6.29 Å². The minimum atomic E-state index is -3.06. The van der Waals surface area contributed by atoms with Gasteiger partial charge in [-0.1, -0.05) is 0 Å². The molecule has 0 radical (unpaired) electrons. The van der Waals surface area contributed by atoms with E-state index in [4.69, 9.17) is 9.05 Å². The van der Waals surface area contributed by atoms with Gasteiger partial charge >= 0.3 is 7.60 Å². The molecule has 1 aliphatic rings. The molecule has 1 saturated heterocycles. The molecule has 2 unspecified atom stereocenters. The Morgan fingerprint density at radius 3 is 2.35 bits per heavy atom. The molecule has 0 bridgehead atoms. The second-order valence-corrected chi connectivity index (χ2v) is 6.62. The number of piperazine rings is 1. The second kappa shape index (κ2) is 6.76. The molecule has 0 aliphatic carbocycles. The number of nitrogens with zero attached hydrogens (tertiary/aromatic N) is 1. The Morgan fingerprint density at radius 1 is 1.29 bits per heavy atom. The smallest absolute Gasteiger partial charge is 0.314 e. The Labute approximate surface area is 104 Å². The summed E-state index contributed by atoms with van der Waals surface area (Å²) >= 11 is 0. The molecule has 17 heavy (non-hydrogen) atoms. The number of hydrogen-bond donors (Lipinski definition) is 1. The van der Waals surface area contributed by atoms with Crippen molar-refractivity contribution in [2.24, 2.45) is 0 Å². The maximum absolute atomic E-state index is 12.6. The largest absolute Gasteiger partial charge is 0.348 e. The summed E-state index contributed by atoms with van der Waals surface area (Å²) in [6, 6.07) is 0. The molecule has 0 aromatic heterocycles. The monoisotopic (exact) mass is 263 g/mol. The van der Waals surface area contributed by atoms with Crippen LogP contribution in [0.3, 0.4) is 0 Å². The van der Waals surface area contributed by atoms with Crippen LogP contribution in [-0.4, -0.2) is 49.6 Å². The summed E-state index contributed by atoms with van der Waals surface area (Å²) in [6.07, 6.45) is -0.0859. The molecule has 0 spiro atoms. The molecular formula is C11H24N2O3P+. The van der Waals surface area contributed by atoms with Crippen molar-refractivity contribution in [2.45, 2.75) is 33.0 Å². The third kappa shape index (κ3) is 5.89. The van der Waals surface area contributed by atoms with Crippen LogP contribution < -0.4 is 5.32 Å². The summed E-state index contributed by atoms with van der Waals surface area (Å²) < 4.78 is 23.4. The molecule has 0 amide bonds. The highest BCUT2D eigenvalue weighted by atomic mass is 31.2. The van der Waals surface area contributed by atoms with Crippen LogP contribution >= 0.6 is 7.60 Å². The fourth-order valence-corrected chi connectivity index (χ4v) is 3.93. The predicted octanol–water partition coefficient (Wildman–Crippen LogP) is 1.71. The van der Waals surface area contributed by atoms with E-state index in [9.17, 15) is 4.57 Å². The van der Waals surface area contributed by atoms with Crippen molar-refractivity contribution in [3.8, 4) is 0 Å². The molecule has 1 heterocycles. The van der Waals surface area contributed by atoms with Crippen LogP contribution in [-0.2, 0) is 13.6 Å². The van der Waals surface area contributed by atoms with Crippen LogP contribution in [0, 0.1) is 6.92 Å². The van der Waals surface area contributed by atoms with E-state index < -0.39 is 7.60 Å². The lowest BCUT2D eigenvalue weighted by Crippen LogP contribution is -2.44. The SMILES string of the molecule is [CH2+]C(C)OP(=O)(CN1CCNCC1)OC(C)C. The Bertz CT molecular complexity index is 251. The topological polar surface area (TPSA) is 50.8 Å². The lowest BCUT2D eigenvalue weighted by molar-refractivity contribution is 0.136. The predicted molar refractivity (Wildman–Crippen MR) is 69.0 cm³/mol. The van der Waals surface area contributed by atoms with Gasteiger partial charge in [0, 0.05) is 33.1 Å². The zero-order valence-electron chi connectivity index (χ0n) is 11.0. The van der Waals surface area contributed by atoms with Crippen molar-refractivity contribution in [1.29, 1.82) is 0 Å². The second-order valence-electron chi connectivity index (χ2n) is 4.69. The molecule has 1 fully saturated rings. The van der Waals surface area contributed by atoms with E-state index in [2.05, 4.69) is 17.1 Å². The normalized spacial score (nSPS) is 23.5. The van der Waals surface area contributed by atoms with Gasteiger partial charge in [-0.25, -0.2) is 0 Å². The maximum atomic E-state index is 12.6. The van der Waals surface area contributed by atoms with Gasteiger partial charge in [0.2, 0.25) is 6.10 Å². The molecule has 6 heteroatoms. The van der Waals surface area contributed by atoms with Crippen molar-refractivity contribution >= 4 is 7.60 Å². The van der Waals surface area contributed by atoms with E-state index in [1.807, 2.05) is 13.8 Å². The first kappa shape index (κ1) is 15.0. The summed E-state index contributed by atoms with van der Waals surface area (Å²) in [5.41, 5.74) is 0. The van der Waals surface area contributed by atoms with Crippen LogP contribution in [0.15, 0.2) is 0 Å². The van der Waals surface area contributed by atoms with Crippen molar-refractivity contribution in [3.05, 3.63) is 6.92 Å². The van der Waals surface area contributed by atoms with Gasteiger partial charge in [-0.3, -0.25) is 14.0 Å². The van der Waals surface area contributed by atoms with Gasteiger partial charge in [-0.05, 0) is 13.8 Å². The number of hydrogen-bond acceptors (Lipinski definition) is 5. The fraction of sp³-hybridized carbons (Fsp3) is 0.909. The summed E-state index contributed by atoms with van der Waals surface area (Å²) in [5, 5.41) is 3.26. The van der Waals surface area contributed by atoms with E-state index in [1.54, 1.807) is 6.92 Å². The van der Waals surface area contributed by atoms with Crippen molar-refractivity contribution in [3.63, 3.8) is 0 Å². The third-order valence-corrected chi connectivity index (χ3v) is 4.47. The minimum Gasteiger partial charge on any atom is -0.314 e. The summed E-state index contributed by atoms with van der Waals surface area (Å²) in [4.78, 5) is 2.11. The van der Waals surface area contributed by atoms with E-state index in [-0.39, 0.29) is 12.2 Å². The van der Waals surface area contributed by atoms with Gasteiger partial charge in [-0.15, -0.1) is 0 Å². The van der Waals surface area contributed by atoms with Crippen LogP contribution in [0.25, 0.3) is 0 Å². The molecule has 0 aromatic rings. The zero-order chi connectivity index (χ0) is 12.9.